The molecule has 0 aliphatic rings. The van der Waals surface area contributed by atoms with Crippen molar-refractivity contribution in [3.8, 4) is 10.6 Å². The summed E-state index contributed by atoms with van der Waals surface area (Å²) in [4.78, 5) is 13.4. The first-order valence-corrected chi connectivity index (χ1v) is 10.9. The first-order valence-electron chi connectivity index (χ1n) is 8.45. The lowest BCUT2D eigenvalue weighted by atomic mass is 10.1. The Kier molecular flexibility index (Phi) is 5.76. The van der Waals surface area contributed by atoms with Gasteiger partial charge in [-0.05, 0) is 43.0 Å². The van der Waals surface area contributed by atoms with Crippen LogP contribution in [0.5, 0.6) is 0 Å². The van der Waals surface area contributed by atoms with Gasteiger partial charge in [-0.1, -0.05) is 23.4 Å². The zero-order valence-electron chi connectivity index (χ0n) is 15.0. The first kappa shape index (κ1) is 19.3. The number of benzene rings is 1. The van der Waals surface area contributed by atoms with Crippen molar-refractivity contribution < 1.29 is 17.7 Å². The number of thiophene rings is 1. The summed E-state index contributed by atoms with van der Waals surface area (Å²) in [5.74, 6) is 0.506. The predicted molar refractivity (Wildman–Crippen MR) is 104 cm³/mol. The van der Waals surface area contributed by atoms with Gasteiger partial charge >= 0.3 is 0 Å². The molecule has 0 saturated carbocycles. The van der Waals surface area contributed by atoms with Gasteiger partial charge in [0, 0.05) is 6.07 Å². The molecule has 0 atom stereocenters. The van der Waals surface area contributed by atoms with E-state index in [2.05, 4.69) is 10.5 Å². The lowest BCUT2D eigenvalue weighted by molar-refractivity contribution is -0.120. The Hall–Kier alpha value is -2.45. The molecule has 0 fully saturated rings. The molecule has 2 aromatic heterocycles. The van der Waals surface area contributed by atoms with Crippen LogP contribution in [0.2, 0.25) is 0 Å². The first-order chi connectivity index (χ1) is 12.9. The van der Waals surface area contributed by atoms with Gasteiger partial charge in [-0.15, -0.1) is 11.3 Å². The third-order valence-electron chi connectivity index (χ3n) is 4.03. The number of sulfone groups is 1. The third-order valence-corrected chi connectivity index (χ3v) is 7.08. The molecule has 6 nitrogen and oxygen atoms in total. The highest BCUT2D eigenvalue weighted by Crippen LogP contribution is 2.25. The molecule has 142 valence electrons. The van der Waals surface area contributed by atoms with Gasteiger partial charge in [0.15, 0.2) is 15.6 Å². The Morgan fingerprint density at radius 1 is 1.22 bits per heavy atom. The van der Waals surface area contributed by atoms with Crippen LogP contribution in [0.25, 0.3) is 10.6 Å². The van der Waals surface area contributed by atoms with Gasteiger partial charge in [0.1, 0.15) is 5.69 Å². The second-order valence-electron chi connectivity index (χ2n) is 6.35. The number of aromatic nitrogens is 1. The van der Waals surface area contributed by atoms with Gasteiger partial charge < -0.3 is 9.84 Å². The van der Waals surface area contributed by atoms with Crippen molar-refractivity contribution in [2.75, 3.05) is 0 Å². The minimum atomic E-state index is -3.30. The molecule has 0 saturated heterocycles. The molecule has 0 spiro atoms. The standard InChI is InChI=1S/C19H20N2O4S2/c1-13(2)27(23,24)16-7-5-14(6-8-16)10-19(22)20-12-15-11-17(25-21-15)18-4-3-9-26-18/h3-9,11,13H,10,12H2,1-2H3,(H,20,22). The van der Waals surface area contributed by atoms with Crippen LogP contribution in [0.3, 0.4) is 0 Å². The maximum Gasteiger partial charge on any atom is 0.224 e. The fourth-order valence-corrected chi connectivity index (χ4v) is 4.17. The Labute approximate surface area is 162 Å². The molecule has 0 aliphatic heterocycles. The van der Waals surface area contributed by atoms with Crippen LogP contribution in [-0.2, 0) is 27.6 Å². The van der Waals surface area contributed by atoms with Crippen molar-refractivity contribution in [1.29, 1.82) is 0 Å². The van der Waals surface area contributed by atoms with E-state index in [9.17, 15) is 13.2 Å². The van der Waals surface area contributed by atoms with Crippen LogP contribution in [0.15, 0.2) is 57.3 Å². The van der Waals surface area contributed by atoms with Crippen molar-refractivity contribution >= 4 is 27.1 Å². The monoisotopic (exact) mass is 404 g/mol. The van der Waals surface area contributed by atoms with Crippen molar-refractivity contribution in [1.82, 2.24) is 10.5 Å². The molecule has 1 N–H and O–H groups in total. The highest BCUT2D eigenvalue weighted by atomic mass is 32.2. The topological polar surface area (TPSA) is 89.3 Å². The van der Waals surface area contributed by atoms with Crippen LogP contribution in [0, 0.1) is 0 Å². The molecule has 8 heteroatoms. The molecule has 1 amide bonds. The number of carbonyl (C=O) groups is 1. The molecule has 0 bridgehead atoms. The molecular weight excluding hydrogens is 384 g/mol. The normalized spacial score (nSPS) is 11.7. The number of hydrogen-bond donors (Lipinski definition) is 1. The van der Waals surface area contributed by atoms with Gasteiger partial charge in [-0.25, -0.2) is 8.42 Å². The second-order valence-corrected chi connectivity index (χ2v) is 9.80. The van der Waals surface area contributed by atoms with E-state index < -0.39 is 15.1 Å². The van der Waals surface area contributed by atoms with Gasteiger partial charge in [-0.2, -0.15) is 0 Å². The summed E-state index contributed by atoms with van der Waals surface area (Å²) in [6.07, 6.45) is 0.164. The van der Waals surface area contributed by atoms with Crippen LogP contribution < -0.4 is 5.32 Å². The number of amides is 1. The summed E-state index contributed by atoms with van der Waals surface area (Å²) in [6, 6.07) is 12.1. The molecule has 0 unspecified atom stereocenters. The average Bonchev–Trinajstić information content (AvgIpc) is 3.32. The van der Waals surface area contributed by atoms with Gasteiger partial charge in [0.2, 0.25) is 5.91 Å². The molecule has 0 radical (unpaired) electrons. The Morgan fingerprint density at radius 2 is 1.96 bits per heavy atom. The maximum absolute atomic E-state index is 12.1. The van der Waals surface area contributed by atoms with Crippen LogP contribution >= 0.6 is 11.3 Å². The van der Waals surface area contributed by atoms with Gasteiger partial charge in [-0.3, -0.25) is 4.79 Å². The fraction of sp³-hybridized carbons (Fsp3) is 0.263. The molecule has 2 heterocycles. The third kappa shape index (κ3) is 4.64. The lowest BCUT2D eigenvalue weighted by Gasteiger charge is -2.08. The number of rotatable bonds is 7. The summed E-state index contributed by atoms with van der Waals surface area (Å²) in [5, 5.41) is 8.23. The maximum atomic E-state index is 12.1. The van der Waals surface area contributed by atoms with E-state index >= 15 is 0 Å². The number of nitrogens with zero attached hydrogens (tertiary/aromatic N) is 1. The predicted octanol–water partition coefficient (Wildman–Crippen LogP) is 3.44. The van der Waals surface area contributed by atoms with E-state index in [0.717, 1.165) is 10.4 Å². The molecular formula is C19H20N2O4S2. The van der Waals surface area contributed by atoms with E-state index in [0.29, 0.717) is 11.5 Å². The van der Waals surface area contributed by atoms with Crippen molar-refractivity contribution in [3.63, 3.8) is 0 Å². The highest BCUT2D eigenvalue weighted by molar-refractivity contribution is 7.92. The van der Waals surface area contributed by atoms with E-state index in [4.69, 9.17) is 4.52 Å². The number of nitrogens with one attached hydrogen (secondary N) is 1. The van der Waals surface area contributed by atoms with E-state index in [1.54, 1.807) is 55.5 Å². The Bertz CT molecular complexity index is 1000. The van der Waals surface area contributed by atoms with Crippen molar-refractivity contribution in [2.45, 2.75) is 37.0 Å². The minimum absolute atomic E-state index is 0.164. The summed E-state index contributed by atoms with van der Waals surface area (Å²) < 4.78 is 29.5. The molecule has 1 aromatic carbocycles. The quantitative estimate of drug-likeness (QED) is 0.651. The highest BCUT2D eigenvalue weighted by Gasteiger charge is 2.18. The summed E-state index contributed by atoms with van der Waals surface area (Å²) >= 11 is 1.56. The van der Waals surface area contributed by atoms with Crippen LogP contribution in [-0.4, -0.2) is 24.7 Å². The number of carbonyl (C=O) groups excluding carboxylic acids is 1. The SMILES string of the molecule is CC(C)S(=O)(=O)c1ccc(CC(=O)NCc2cc(-c3cccs3)on2)cc1. The second kappa shape index (κ2) is 8.06. The van der Waals surface area contributed by atoms with E-state index in [1.165, 1.54) is 0 Å². The van der Waals surface area contributed by atoms with Crippen LogP contribution in [0.4, 0.5) is 0 Å². The summed E-state index contributed by atoms with van der Waals surface area (Å²) in [6.45, 7) is 3.56. The van der Waals surface area contributed by atoms with Gasteiger partial charge in [0.05, 0.1) is 28.0 Å². The Balaban J connectivity index is 1.55. The van der Waals surface area contributed by atoms with E-state index in [1.807, 2.05) is 17.5 Å². The lowest BCUT2D eigenvalue weighted by Crippen LogP contribution is -2.24. The Morgan fingerprint density at radius 3 is 2.59 bits per heavy atom. The molecule has 27 heavy (non-hydrogen) atoms. The smallest absolute Gasteiger partial charge is 0.224 e. The summed E-state index contributed by atoms with van der Waals surface area (Å²) in [7, 11) is -3.30. The largest absolute Gasteiger partial charge is 0.355 e. The van der Waals surface area contributed by atoms with Crippen molar-refractivity contribution in [3.05, 3.63) is 59.1 Å². The van der Waals surface area contributed by atoms with Crippen LogP contribution in [0.1, 0.15) is 25.1 Å². The van der Waals surface area contributed by atoms with Crippen molar-refractivity contribution in [2.24, 2.45) is 0 Å². The van der Waals surface area contributed by atoms with E-state index in [-0.39, 0.29) is 23.8 Å². The molecule has 0 aliphatic carbocycles. The molecule has 3 rings (SSSR count). The zero-order chi connectivity index (χ0) is 19.4. The average molecular weight is 405 g/mol. The zero-order valence-corrected chi connectivity index (χ0v) is 16.6. The van der Waals surface area contributed by atoms with Gasteiger partial charge in [0.25, 0.3) is 0 Å². The minimum Gasteiger partial charge on any atom is -0.355 e. The molecule has 3 aromatic rings. The number of hydrogen-bond acceptors (Lipinski definition) is 6. The summed E-state index contributed by atoms with van der Waals surface area (Å²) in [5.41, 5.74) is 1.39. The fourth-order valence-electron chi connectivity index (χ4n) is 2.44.